The van der Waals surface area contributed by atoms with Crippen LogP contribution in [0.2, 0.25) is 0 Å². The number of carboxylic acids is 1. The summed E-state index contributed by atoms with van der Waals surface area (Å²) in [6.45, 7) is 9.62. The summed E-state index contributed by atoms with van der Waals surface area (Å²) in [6, 6.07) is 5.72. The van der Waals surface area contributed by atoms with E-state index in [1.165, 1.54) is 0 Å². The van der Waals surface area contributed by atoms with Crippen molar-refractivity contribution in [3.8, 4) is 5.75 Å². The van der Waals surface area contributed by atoms with Gasteiger partial charge < -0.3 is 9.84 Å². The molecule has 0 bridgehead atoms. The number of hydrogen-bond donors (Lipinski definition) is 1. The van der Waals surface area contributed by atoms with Gasteiger partial charge in [-0.2, -0.15) is 0 Å². The molecule has 0 aromatic heterocycles. The Morgan fingerprint density at radius 1 is 1.50 bits per heavy atom. The largest absolute Gasteiger partial charge is 0.496 e. The van der Waals surface area contributed by atoms with Crippen molar-refractivity contribution in [3.05, 3.63) is 42.0 Å². The molecule has 1 unspecified atom stereocenters. The zero-order valence-corrected chi connectivity index (χ0v) is 12.8. The minimum absolute atomic E-state index is 0.0461. The van der Waals surface area contributed by atoms with Gasteiger partial charge in [0.05, 0.1) is 12.5 Å². The summed E-state index contributed by atoms with van der Waals surface area (Å²) < 4.78 is 5.39. The van der Waals surface area contributed by atoms with Crippen LogP contribution in [-0.2, 0) is 16.6 Å². The van der Waals surface area contributed by atoms with Crippen LogP contribution in [0.4, 0.5) is 0 Å². The van der Waals surface area contributed by atoms with E-state index in [-0.39, 0.29) is 5.92 Å². The zero-order chi connectivity index (χ0) is 15.3. The number of carbonyl (C=O) groups is 1. The van der Waals surface area contributed by atoms with E-state index in [9.17, 15) is 9.90 Å². The first-order valence-electron chi connectivity index (χ1n) is 6.95. The maximum absolute atomic E-state index is 11.9. The molecule has 1 N–H and O–H groups in total. The van der Waals surface area contributed by atoms with Gasteiger partial charge in [0.25, 0.3) is 0 Å². The fourth-order valence-electron chi connectivity index (χ4n) is 2.69. The first-order valence-corrected chi connectivity index (χ1v) is 6.95. The van der Waals surface area contributed by atoms with Crippen molar-refractivity contribution in [1.82, 2.24) is 0 Å². The van der Waals surface area contributed by atoms with Gasteiger partial charge in [-0.3, -0.25) is 4.79 Å². The first kappa shape index (κ1) is 16.3. The molecule has 0 radical (unpaired) electrons. The fraction of sp³-hybridized carbons (Fsp3) is 0.471. The first-order chi connectivity index (χ1) is 9.43. The molecule has 3 nitrogen and oxygen atoms in total. The molecule has 1 aromatic rings. The molecule has 110 valence electrons. The quantitative estimate of drug-likeness (QED) is 0.770. The Labute approximate surface area is 121 Å². The molecule has 20 heavy (non-hydrogen) atoms. The Balaban J connectivity index is 3.48. The molecule has 1 aromatic carbocycles. The van der Waals surface area contributed by atoms with E-state index in [1.54, 1.807) is 13.2 Å². The second kappa shape index (κ2) is 6.60. The average molecular weight is 276 g/mol. The monoisotopic (exact) mass is 276 g/mol. The number of ether oxygens (including phenoxy) is 1. The van der Waals surface area contributed by atoms with Crippen LogP contribution in [0, 0.1) is 5.92 Å². The van der Waals surface area contributed by atoms with E-state index in [0.717, 1.165) is 23.3 Å². The van der Waals surface area contributed by atoms with Gasteiger partial charge >= 0.3 is 5.97 Å². The number of hydrogen-bond acceptors (Lipinski definition) is 2. The SMILES string of the molecule is C=CCC(C(=O)O)(c1ccc(CC)c(OC)c1)C(C)C. The van der Waals surface area contributed by atoms with E-state index < -0.39 is 11.4 Å². The van der Waals surface area contributed by atoms with E-state index in [2.05, 4.69) is 6.58 Å². The van der Waals surface area contributed by atoms with Gasteiger partial charge in [-0.25, -0.2) is 0 Å². The van der Waals surface area contributed by atoms with Crippen molar-refractivity contribution in [3.63, 3.8) is 0 Å². The highest BCUT2D eigenvalue weighted by molar-refractivity contribution is 5.82. The third-order valence-corrected chi connectivity index (χ3v) is 4.02. The number of allylic oxidation sites excluding steroid dienone is 1. The summed E-state index contributed by atoms with van der Waals surface area (Å²) in [5, 5.41) is 9.78. The van der Waals surface area contributed by atoms with Crippen LogP contribution >= 0.6 is 0 Å². The summed E-state index contributed by atoms with van der Waals surface area (Å²) >= 11 is 0. The third kappa shape index (κ3) is 2.72. The topological polar surface area (TPSA) is 46.5 Å². The second-order valence-electron chi connectivity index (χ2n) is 5.30. The number of aryl methyl sites for hydroxylation is 1. The summed E-state index contributed by atoms with van der Waals surface area (Å²) in [5.41, 5.74) is 0.897. The lowest BCUT2D eigenvalue weighted by molar-refractivity contribution is -0.145. The molecule has 1 atom stereocenters. The Morgan fingerprint density at radius 3 is 2.55 bits per heavy atom. The van der Waals surface area contributed by atoms with Gasteiger partial charge in [0.2, 0.25) is 0 Å². The molecular weight excluding hydrogens is 252 g/mol. The summed E-state index contributed by atoms with van der Waals surface area (Å²) in [4.78, 5) is 11.9. The molecule has 0 spiro atoms. The van der Waals surface area contributed by atoms with Crippen LogP contribution in [0.3, 0.4) is 0 Å². The number of rotatable bonds is 7. The Bertz CT molecular complexity index is 491. The second-order valence-corrected chi connectivity index (χ2v) is 5.30. The molecule has 0 aliphatic heterocycles. The van der Waals surface area contributed by atoms with E-state index in [1.807, 2.05) is 39.0 Å². The number of benzene rings is 1. The van der Waals surface area contributed by atoms with Gasteiger partial charge in [-0.05, 0) is 36.0 Å². The van der Waals surface area contributed by atoms with Gasteiger partial charge in [0, 0.05) is 0 Å². The van der Waals surface area contributed by atoms with Crippen LogP contribution in [0.5, 0.6) is 5.75 Å². The third-order valence-electron chi connectivity index (χ3n) is 4.02. The Morgan fingerprint density at radius 2 is 2.15 bits per heavy atom. The predicted molar refractivity (Wildman–Crippen MR) is 81.3 cm³/mol. The molecule has 0 aliphatic carbocycles. The molecule has 0 heterocycles. The van der Waals surface area contributed by atoms with Crippen molar-refractivity contribution < 1.29 is 14.6 Å². The highest BCUT2D eigenvalue weighted by atomic mass is 16.5. The molecule has 0 fully saturated rings. The minimum atomic E-state index is -0.957. The average Bonchev–Trinajstić information content (AvgIpc) is 2.43. The summed E-state index contributed by atoms with van der Waals surface area (Å²) in [5.74, 6) is -0.116. The van der Waals surface area contributed by atoms with E-state index in [0.29, 0.717) is 6.42 Å². The summed E-state index contributed by atoms with van der Waals surface area (Å²) in [7, 11) is 1.61. The molecule has 3 heteroatoms. The molecule has 0 saturated carbocycles. The van der Waals surface area contributed by atoms with Crippen molar-refractivity contribution >= 4 is 5.97 Å². The van der Waals surface area contributed by atoms with Crippen LogP contribution in [0.25, 0.3) is 0 Å². The number of methoxy groups -OCH3 is 1. The van der Waals surface area contributed by atoms with Crippen LogP contribution in [0.15, 0.2) is 30.9 Å². The maximum atomic E-state index is 11.9. The molecule has 0 aliphatic rings. The fourth-order valence-corrected chi connectivity index (χ4v) is 2.69. The zero-order valence-electron chi connectivity index (χ0n) is 12.8. The lowest BCUT2D eigenvalue weighted by Crippen LogP contribution is -2.40. The Hall–Kier alpha value is -1.77. The van der Waals surface area contributed by atoms with Crippen LogP contribution in [0.1, 0.15) is 38.3 Å². The molecular formula is C17H24O3. The van der Waals surface area contributed by atoms with E-state index >= 15 is 0 Å². The number of aliphatic carboxylic acids is 1. The lowest BCUT2D eigenvalue weighted by Gasteiger charge is -2.33. The normalized spacial score (nSPS) is 13.8. The van der Waals surface area contributed by atoms with Gasteiger partial charge in [0.1, 0.15) is 5.75 Å². The van der Waals surface area contributed by atoms with Crippen molar-refractivity contribution in [2.45, 2.75) is 39.0 Å². The highest BCUT2D eigenvalue weighted by Gasteiger charge is 2.42. The minimum Gasteiger partial charge on any atom is -0.496 e. The highest BCUT2D eigenvalue weighted by Crippen LogP contribution is 2.39. The van der Waals surface area contributed by atoms with Crippen molar-refractivity contribution in [1.29, 1.82) is 0 Å². The molecule has 0 saturated heterocycles. The maximum Gasteiger partial charge on any atom is 0.314 e. The standard InChI is InChI=1S/C17H24O3/c1-6-10-17(12(3)4,16(18)19)14-9-8-13(7-2)15(11-14)20-5/h6,8-9,11-12H,1,7,10H2,2-5H3,(H,18,19). The number of carboxylic acid groups (broad SMARTS) is 1. The lowest BCUT2D eigenvalue weighted by atomic mass is 9.69. The predicted octanol–water partition coefficient (Wildman–Crippen LogP) is 3.81. The smallest absolute Gasteiger partial charge is 0.314 e. The van der Waals surface area contributed by atoms with Crippen molar-refractivity contribution in [2.24, 2.45) is 5.92 Å². The Kier molecular flexibility index (Phi) is 5.37. The summed E-state index contributed by atoms with van der Waals surface area (Å²) in [6.07, 6.45) is 2.93. The van der Waals surface area contributed by atoms with Crippen LogP contribution in [-0.4, -0.2) is 18.2 Å². The van der Waals surface area contributed by atoms with E-state index in [4.69, 9.17) is 4.74 Å². The van der Waals surface area contributed by atoms with Gasteiger partial charge in [0.15, 0.2) is 0 Å². The molecule has 1 rings (SSSR count). The van der Waals surface area contributed by atoms with Gasteiger partial charge in [-0.1, -0.05) is 39.0 Å². The van der Waals surface area contributed by atoms with Crippen LogP contribution < -0.4 is 4.74 Å². The van der Waals surface area contributed by atoms with Crippen molar-refractivity contribution in [2.75, 3.05) is 7.11 Å². The van der Waals surface area contributed by atoms with Gasteiger partial charge in [-0.15, -0.1) is 6.58 Å². The molecule has 0 amide bonds.